The average molecular weight is 1770 g/mol. The van der Waals surface area contributed by atoms with Crippen molar-refractivity contribution >= 4 is 132 Å². The van der Waals surface area contributed by atoms with Crippen molar-refractivity contribution in [3.63, 3.8) is 0 Å². The molecule has 18 aromatic carbocycles. The van der Waals surface area contributed by atoms with E-state index in [0.717, 1.165) is 153 Å². The van der Waals surface area contributed by atoms with Gasteiger partial charge in [-0.3, -0.25) is 47.4 Å². The van der Waals surface area contributed by atoms with Gasteiger partial charge in [0.25, 0.3) is 22.2 Å². The van der Waals surface area contributed by atoms with E-state index in [1.165, 1.54) is 44.5 Å². The van der Waals surface area contributed by atoms with E-state index in [-0.39, 0.29) is 33.1 Å². The molecule has 0 bridgehead atoms. The van der Waals surface area contributed by atoms with Gasteiger partial charge in [0.15, 0.2) is 7.14 Å². The number of pyridine rings is 6. The number of aromatic nitrogens is 6. The molecule has 0 unspecified atom stereocenters. The molecule has 24 aromatic rings. The lowest BCUT2D eigenvalue weighted by Crippen LogP contribution is -2.25. The molecule has 6 heterocycles. The van der Waals surface area contributed by atoms with Crippen LogP contribution >= 0.6 is 7.14 Å². The van der Waals surface area contributed by atoms with Gasteiger partial charge in [0, 0.05) is 110 Å². The Kier molecular flexibility index (Phi) is 20.6. The van der Waals surface area contributed by atoms with Crippen molar-refractivity contribution in [2.75, 3.05) is 0 Å². The maximum Gasteiger partial charge on any atom is 0.264 e. The van der Waals surface area contributed by atoms with Crippen molar-refractivity contribution < 1.29 is 4.57 Å². The zero-order valence-electron chi connectivity index (χ0n) is 75.0. The standard InChI is InChI=1S/C37H29NO.C34H22N2O.C31H22NO2P.C22H14N2O/c1-36(2)30-15-9-7-12-24(30)26-18-17-22(19-32(26)36)38-34-21-33-28(25-13-8-10-16-31(25)37(33,3)4)20-29(34)23-11-5-6-14-27(23)35(38)39;37-34-33-29-16-7-9-17-31(29)35-22-30(33)28-15-8-10-18-32(28)36(34)27-20-25(23-11-3-1-4-12-23)19-26(21-27)24-13-5-2-6-14-24;33-31-28-19-11-10-18-27(28)29-22-26(20-21-30(29)32(31)23-12-4-1-5-13-23)35(34,24-14-6-2-7-15-24)25-16-8-3-9-17-25;25-22-21-17-11-4-6-12-19(17)23-14-18(21)16-10-5-7-13-20(16)24(22)15-8-2-1-3-9-15/h5-21H,1-4H3;1-22H;1-22H;1-14H. The van der Waals surface area contributed by atoms with Crippen LogP contribution in [0.4, 0.5) is 0 Å². The zero-order chi connectivity index (χ0) is 92.1. The van der Waals surface area contributed by atoms with Crippen LogP contribution in [0.5, 0.6) is 0 Å². The minimum absolute atomic E-state index is 0.0153. The van der Waals surface area contributed by atoms with E-state index in [1.54, 1.807) is 9.13 Å². The molecule has 136 heavy (non-hydrogen) atoms. The Balaban J connectivity index is 0.000000103. The average Bonchev–Trinajstić information content (AvgIpc) is 1.50. The summed E-state index contributed by atoms with van der Waals surface area (Å²) in [5, 5.41) is 14.5. The van der Waals surface area contributed by atoms with Crippen molar-refractivity contribution in [1.82, 2.24) is 28.2 Å². The number of hydrogen-bond donors (Lipinski definition) is 0. The summed E-state index contributed by atoms with van der Waals surface area (Å²) >= 11 is 0. The lowest BCUT2D eigenvalue weighted by atomic mass is 9.82. The van der Waals surface area contributed by atoms with Gasteiger partial charge in [-0.25, -0.2) is 0 Å². The number of benzene rings is 18. The molecule has 0 atom stereocenters. The van der Waals surface area contributed by atoms with Crippen LogP contribution in [0.25, 0.3) is 176 Å². The molecule has 2 aliphatic carbocycles. The van der Waals surface area contributed by atoms with Crippen LogP contribution in [-0.4, -0.2) is 28.2 Å². The Labute approximate surface area is 783 Å². The minimum atomic E-state index is -3.15. The Morgan fingerprint density at radius 3 is 1.05 bits per heavy atom. The van der Waals surface area contributed by atoms with Crippen LogP contribution in [-0.2, 0) is 15.4 Å². The maximum absolute atomic E-state index is 15.0. The molecule has 0 radical (unpaired) electrons. The molecule has 0 saturated heterocycles. The second kappa shape index (κ2) is 33.6. The van der Waals surface area contributed by atoms with Gasteiger partial charge in [-0.05, 0) is 199 Å². The van der Waals surface area contributed by atoms with Gasteiger partial charge < -0.3 is 4.57 Å². The summed E-state index contributed by atoms with van der Waals surface area (Å²) in [4.78, 5) is 64.9. The first kappa shape index (κ1) is 83.2. The van der Waals surface area contributed by atoms with E-state index < -0.39 is 7.14 Å². The van der Waals surface area contributed by atoms with Crippen molar-refractivity contribution in [1.29, 1.82) is 0 Å². The summed E-state index contributed by atoms with van der Waals surface area (Å²) in [6, 6.07) is 148. The van der Waals surface area contributed by atoms with E-state index in [0.29, 0.717) is 16.2 Å². The number of para-hydroxylation sites is 6. The highest BCUT2D eigenvalue weighted by Gasteiger charge is 2.39. The summed E-state index contributed by atoms with van der Waals surface area (Å²) in [6.07, 6.45) is 3.65. The molecule has 0 aliphatic heterocycles. The third-order valence-electron chi connectivity index (χ3n) is 27.6. The molecule has 648 valence electrons. The van der Waals surface area contributed by atoms with E-state index in [1.807, 2.05) is 331 Å². The van der Waals surface area contributed by atoms with Gasteiger partial charge in [0.05, 0.1) is 49.6 Å². The quantitative estimate of drug-likeness (QED) is 0.104. The van der Waals surface area contributed by atoms with Gasteiger partial charge in [0.1, 0.15) is 0 Å². The molecule has 12 heteroatoms. The van der Waals surface area contributed by atoms with Gasteiger partial charge in [0.2, 0.25) is 0 Å². The highest BCUT2D eigenvalue weighted by atomic mass is 31.2. The Morgan fingerprint density at radius 2 is 0.566 bits per heavy atom. The highest BCUT2D eigenvalue weighted by molar-refractivity contribution is 7.85. The zero-order valence-corrected chi connectivity index (χ0v) is 75.9. The van der Waals surface area contributed by atoms with Crippen LogP contribution in [0.2, 0.25) is 0 Å². The first-order chi connectivity index (χ1) is 66.6. The number of nitrogens with zero attached hydrogens (tertiary/aromatic N) is 6. The molecule has 11 nitrogen and oxygen atoms in total. The van der Waals surface area contributed by atoms with Crippen molar-refractivity contribution in [2.24, 2.45) is 0 Å². The first-order valence-corrected chi connectivity index (χ1v) is 47.5. The van der Waals surface area contributed by atoms with E-state index in [2.05, 4.69) is 171 Å². The molecular formula is C124H87N6O5P. The normalized spacial score (nSPS) is 12.7. The molecule has 0 amide bonds. The molecule has 26 rings (SSSR count). The predicted octanol–water partition coefficient (Wildman–Crippen LogP) is 27.3. The molecule has 2 aliphatic rings. The first-order valence-electron chi connectivity index (χ1n) is 45.8. The molecule has 0 fully saturated rings. The van der Waals surface area contributed by atoms with E-state index in [9.17, 15) is 23.7 Å². The molecular weight excluding hydrogens is 1680 g/mol. The highest BCUT2D eigenvalue weighted by Crippen LogP contribution is 2.53. The molecule has 0 spiro atoms. The van der Waals surface area contributed by atoms with Crippen LogP contribution in [0.15, 0.2) is 474 Å². The number of rotatable bonds is 9. The minimum Gasteiger partial charge on any atom is -0.309 e. The summed E-state index contributed by atoms with van der Waals surface area (Å²) in [5.41, 5.74) is 22.9. The topological polar surface area (TPSA) is 131 Å². The fourth-order valence-corrected chi connectivity index (χ4v) is 23.7. The fraction of sp³-hybridized carbons (Fsp3) is 0.0484. The molecule has 0 saturated carbocycles. The van der Waals surface area contributed by atoms with Crippen LogP contribution in [0, 0.1) is 0 Å². The van der Waals surface area contributed by atoms with E-state index >= 15 is 0 Å². The largest absolute Gasteiger partial charge is 0.309 e. The summed E-state index contributed by atoms with van der Waals surface area (Å²) in [6.45, 7) is 9.16. The Morgan fingerprint density at radius 1 is 0.213 bits per heavy atom. The second-order valence-electron chi connectivity index (χ2n) is 36.0. The lowest BCUT2D eigenvalue weighted by molar-refractivity contribution is 0.592. The van der Waals surface area contributed by atoms with Crippen LogP contribution in [0.3, 0.4) is 0 Å². The van der Waals surface area contributed by atoms with Crippen molar-refractivity contribution in [3.05, 3.63) is 519 Å². The number of fused-ring (bicyclic) bond motifs is 22. The molecule has 0 N–H and O–H groups in total. The van der Waals surface area contributed by atoms with Gasteiger partial charge >= 0.3 is 0 Å². The smallest absolute Gasteiger partial charge is 0.264 e. The van der Waals surface area contributed by atoms with Crippen molar-refractivity contribution in [3.8, 4) is 67.3 Å². The van der Waals surface area contributed by atoms with Crippen molar-refractivity contribution in [2.45, 2.75) is 38.5 Å². The van der Waals surface area contributed by atoms with Gasteiger partial charge in [-0.2, -0.15) is 0 Å². The predicted molar refractivity (Wildman–Crippen MR) is 564 cm³/mol. The maximum atomic E-state index is 15.0. The Bertz CT molecular complexity index is 9200. The summed E-state index contributed by atoms with van der Waals surface area (Å²) < 4.78 is 22.3. The van der Waals surface area contributed by atoms with Gasteiger partial charge in [-0.1, -0.05) is 349 Å². The fourth-order valence-electron chi connectivity index (χ4n) is 21.0. The summed E-state index contributed by atoms with van der Waals surface area (Å²) in [5.74, 6) is 0. The summed E-state index contributed by atoms with van der Waals surface area (Å²) in [7, 11) is -3.15. The Hall–Kier alpha value is -17.1. The SMILES string of the molecule is CC1(C)c2ccccc2-c2ccc(-n3c(=O)c4ccccc4c4cc5c(cc43)C(C)(C)c3ccccc3-5)cc21.O=c1c2c3ccccc3ncc2c2ccccc2n1-c1cc(-c2ccccc2)cc(-c2ccccc2)c1.O=c1c2c3ccccc3ncc2c2ccccc2n1-c1ccccc1.O=c1c2ccccc2c2cc(P(=O)(c3ccccc3)c3ccccc3)ccc2n1-c1ccccc1. The second-order valence-corrected chi connectivity index (χ2v) is 38.7. The van der Waals surface area contributed by atoms with Crippen LogP contribution < -0.4 is 38.2 Å². The van der Waals surface area contributed by atoms with Crippen LogP contribution in [0.1, 0.15) is 49.9 Å². The third-order valence-corrected chi connectivity index (χ3v) is 30.6. The van der Waals surface area contributed by atoms with Gasteiger partial charge in [-0.15, -0.1) is 0 Å². The number of hydrogen-bond acceptors (Lipinski definition) is 7. The van der Waals surface area contributed by atoms with E-state index in [4.69, 9.17) is 0 Å². The lowest BCUT2D eigenvalue weighted by Gasteiger charge is -2.24. The third kappa shape index (κ3) is 13.8. The monoisotopic (exact) mass is 1770 g/mol. The molecule has 6 aromatic heterocycles.